The standard InChI is InChI=1S/C21H34N2O4S.ClH/c1-15(2)23(21(28(4,24)25)18-7-9-22-10-8-18)16(3)13-17-5-6-19-20(14-17)27-12-11-26-19;/h5-6,14-16,18,21-22H,7-13H2,1-4H3;1H. The quantitative estimate of drug-likeness (QED) is 0.694. The molecule has 0 aromatic heterocycles. The normalized spacial score (nSPS) is 19.7. The van der Waals surface area contributed by atoms with Gasteiger partial charge in [-0.25, -0.2) is 8.42 Å². The van der Waals surface area contributed by atoms with E-state index in [9.17, 15) is 8.42 Å². The molecule has 166 valence electrons. The van der Waals surface area contributed by atoms with Crippen LogP contribution in [0.1, 0.15) is 39.2 Å². The number of halogens is 1. The minimum atomic E-state index is -3.21. The van der Waals surface area contributed by atoms with E-state index in [2.05, 4.69) is 37.1 Å². The average Bonchev–Trinajstić information content (AvgIpc) is 2.65. The van der Waals surface area contributed by atoms with E-state index in [0.29, 0.717) is 13.2 Å². The molecule has 2 atom stereocenters. The molecule has 2 unspecified atom stereocenters. The van der Waals surface area contributed by atoms with Crippen molar-refractivity contribution in [3.8, 4) is 11.5 Å². The zero-order chi connectivity index (χ0) is 20.3. The van der Waals surface area contributed by atoms with Crippen molar-refractivity contribution in [3.63, 3.8) is 0 Å². The lowest BCUT2D eigenvalue weighted by molar-refractivity contribution is 0.0981. The van der Waals surface area contributed by atoms with Crippen LogP contribution in [0, 0.1) is 5.92 Å². The molecule has 29 heavy (non-hydrogen) atoms. The van der Waals surface area contributed by atoms with Crippen molar-refractivity contribution >= 4 is 22.2 Å². The van der Waals surface area contributed by atoms with E-state index in [1.165, 1.54) is 6.26 Å². The smallest absolute Gasteiger partial charge is 0.163 e. The van der Waals surface area contributed by atoms with Crippen molar-refractivity contribution in [2.24, 2.45) is 5.92 Å². The lowest BCUT2D eigenvalue weighted by atomic mass is 9.94. The topological polar surface area (TPSA) is 67.9 Å². The fraction of sp³-hybridized carbons (Fsp3) is 0.714. The number of nitrogens with one attached hydrogen (secondary N) is 1. The zero-order valence-corrected chi connectivity index (χ0v) is 19.5. The summed E-state index contributed by atoms with van der Waals surface area (Å²) in [6.07, 6.45) is 3.97. The first-order valence-corrected chi connectivity index (χ1v) is 12.3. The molecule has 1 fully saturated rings. The Morgan fingerprint density at radius 3 is 2.31 bits per heavy atom. The molecule has 0 radical (unpaired) electrons. The summed E-state index contributed by atoms with van der Waals surface area (Å²) in [5.74, 6) is 1.73. The molecule has 1 N–H and O–H groups in total. The molecule has 3 rings (SSSR count). The van der Waals surface area contributed by atoms with Gasteiger partial charge in [0, 0.05) is 18.3 Å². The summed E-state index contributed by atoms with van der Waals surface area (Å²) < 4.78 is 37.0. The van der Waals surface area contributed by atoms with Crippen LogP contribution in [0.4, 0.5) is 0 Å². The molecular formula is C21H35ClN2O4S. The summed E-state index contributed by atoms with van der Waals surface area (Å²) >= 11 is 0. The second-order valence-electron chi connectivity index (χ2n) is 8.38. The predicted octanol–water partition coefficient (Wildman–Crippen LogP) is 2.89. The van der Waals surface area contributed by atoms with Gasteiger partial charge in [0.2, 0.25) is 0 Å². The zero-order valence-electron chi connectivity index (χ0n) is 17.9. The Labute approximate surface area is 181 Å². The van der Waals surface area contributed by atoms with E-state index in [-0.39, 0.29) is 30.4 Å². The van der Waals surface area contributed by atoms with E-state index in [1.807, 2.05) is 12.1 Å². The third-order valence-electron chi connectivity index (χ3n) is 5.76. The molecule has 1 saturated heterocycles. The lowest BCUT2D eigenvalue weighted by Gasteiger charge is -2.43. The highest BCUT2D eigenvalue weighted by Gasteiger charge is 2.39. The van der Waals surface area contributed by atoms with E-state index >= 15 is 0 Å². The van der Waals surface area contributed by atoms with Gasteiger partial charge >= 0.3 is 0 Å². The summed E-state index contributed by atoms with van der Waals surface area (Å²) in [5.41, 5.74) is 1.14. The lowest BCUT2D eigenvalue weighted by Crippen LogP contribution is -2.55. The van der Waals surface area contributed by atoms with Gasteiger partial charge in [0.1, 0.15) is 18.6 Å². The number of fused-ring (bicyclic) bond motifs is 1. The van der Waals surface area contributed by atoms with Gasteiger partial charge in [-0.15, -0.1) is 12.4 Å². The number of piperidine rings is 1. The van der Waals surface area contributed by atoms with Crippen LogP contribution < -0.4 is 14.8 Å². The van der Waals surface area contributed by atoms with Crippen molar-refractivity contribution in [3.05, 3.63) is 23.8 Å². The van der Waals surface area contributed by atoms with Crippen molar-refractivity contribution in [1.29, 1.82) is 0 Å². The van der Waals surface area contributed by atoms with E-state index in [1.54, 1.807) is 0 Å². The van der Waals surface area contributed by atoms with Crippen LogP contribution in [-0.4, -0.2) is 63.3 Å². The average molecular weight is 447 g/mol. The monoisotopic (exact) mass is 446 g/mol. The molecule has 0 aliphatic carbocycles. The van der Waals surface area contributed by atoms with Crippen LogP contribution in [0.15, 0.2) is 18.2 Å². The van der Waals surface area contributed by atoms with Gasteiger partial charge in [-0.3, -0.25) is 4.90 Å². The Kier molecular flexibility index (Phi) is 8.64. The van der Waals surface area contributed by atoms with Gasteiger partial charge in [0.05, 0.1) is 0 Å². The van der Waals surface area contributed by atoms with Crippen LogP contribution in [0.2, 0.25) is 0 Å². The number of ether oxygens (including phenoxy) is 2. The Hall–Kier alpha value is -1.02. The third kappa shape index (κ3) is 6.00. The molecule has 0 bridgehead atoms. The van der Waals surface area contributed by atoms with Crippen molar-refractivity contribution in [2.45, 2.75) is 57.5 Å². The van der Waals surface area contributed by atoms with Gasteiger partial charge in [0.25, 0.3) is 0 Å². The van der Waals surface area contributed by atoms with Crippen LogP contribution in [-0.2, 0) is 16.3 Å². The van der Waals surface area contributed by atoms with Gasteiger partial charge in [-0.05, 0) is 76.7 Å². The first kappa shape index (κ1) is 24.3. The maximum atomic E-state index is 12.8. The number of hydrogen-bond acceptors (Lipinski definition) is 6. The maximum Gasteiger partial charge on any atom is 0.163 e. The molecule has 2 aliphatic heterocycles. The van der Waals surface area contributed by atoms with E-state index < -0.39 is 15.2 Å². The van der Waals surface area contributed by atoms with Gasteiger partial charge in [-0.2, -0.15) is 0 Å². The highest BCUT2D eigenvalue weighted by Crippen LogP contribution is 2.33. The second kappa shape index (κ2) is 10.3. The van der Waals surface area contributed by atoms with E-state index in [4.69, 9.17) is 9.47 Å². The van der Waals surface area contributed by atoms with Crippen LogP contribution >= 0.6 is 12.4 Å². The van der Waals surface area contributed by atoms with Gasteiger partial charge < -0.3 is 14.8 Å². The van der Waals surface area contributed by atoms with Crippen LogP contribution in [0.5, 0.6) is 11.5 Å². The minimum absolute atomic E-state index is 0. The highest BCUT2D eigenvalue weighted by molar-refractivity contribution is 7.91. The predicted molar refractivity (Wildman–Crippen MR) is 119 cm³/mol. The Balaban J connectivity index is 0.00000300. The van der Waals surface area contributed by atoms with Crippen LogP contribution in [0.25, 0.3) is 0 Å². The summed E-state index contributed by atoms with van der Waals surface area (Å²) in [6.45, 7) is 9.25. The number of sulfone groups is 1. The number of hydrogen-bond donors (Lipinski definition) is 1. The molecule has 0 spiro atoms. The largest absolute Gasteiger partial charge is 0.486 e. The summed E-state index contributed by atoms with van der Waals surface area (Å²) in [5, 5.41) is 2.91. The molecule has 1 aromatic carbocycles. The minimum Gasteiger partial charge on any atom is -0.486 e. The molecular weight excluding hydrogens is 412 g/mol. The Bertz CT molecular complexity index is 766. The maximum absolute atomic E-state index is 12.8. The van der Waals surface area contributed by atoms with Crippen LogP contribution in [0.3, 0.4) is 0 Å². The van der Waals surface area contributed by atoms with Crippen molar-refractivity contribution < 1.29 is 17.9 Å². The Morgan fingerprint density at radius 2 is 1.72 bits per heavy atom. The summed E-state index contributed by atoms with van der Waals surface area (Å²) in [7, 11) is -3.21. The SMILES string of the molecule is CC(C)N(C(C)Cc1ccc2c(c1)OCCO2)C(C1CCNCC1)S(C)(=O)=O.Cl. The Morgan fingerprint density at radius 1 is 1.10 bits per heavy atom. The molecule has 6 nitrogen and oxygen atoms in total. The molecule has 2 heterocycles. The highest BCUT2D eigenvalue weighted by atomic mass is 35.5. The second-order valence-corrected chi connectivity index (χ2v) is 10.5. The third-order valence-corrected chi connectivity index (χ3v) is 7.27. The molecule has 2 aliphatic rings. The number of rotatable bonds is 7. The molecule has 1 aromatic rings. The number of benzene rings is 1. The first-order chi connectivity index (χ1) is 13.3. The van der Waals surface area contributed by atoms with Gasteiger partial charge in [0.15, 0.2) is 21.3 Å². The fourth-order valence-corrected chi connectivity index (χ4v) is 6.52. The van der Waals surface area contributed by atoms with E-state index in [0.717, 1.165) is 49.4 Å². The molecule has 0 amide bonds. The van der Waals surface area contributed by atoms with Crippen molar-refractivity contribution in [1.82, 2.24) is 10.2 Å². The molecule has 0 saturated carbocycles. The summed E-state index contributed by atoms with van der Waals surface area (Å²) in [6, 6.07) is 6.28. The van der Waals surface area contributed by atoms with Gasteiger partial charge in [-0.1, -0.05) is 6.07 Å². The summed E-state index contributed by atoms with van der Waals surface area (Å²) in [4.78, 5) is 2.21. The fourth-order valence-electron chi connectivity index (χ4n) is 4.66. The first-order valence-electron chi connectivity index (χ1n) is 10.3. The molecule has 8 heteroatoms. The van der Waals surface area contributed by atoms with Crippen molar-refractivity contribution in [2.75, 3.05) is 32.6 Å². The number of nitrogens with zero attached hydrogens (tertiary/aromatic N) is 1.